The van der Waals surface area contributed by atoms with Gasteiger partial charge in [-0.15, -0.1) is 11.3 Å². The molecule has 0 atom stereocenters. The van der Waals surface area contributed by atoms with Gasteiger partial charge in [0.25, 0.3) is 5.91 Å². The van der Waals surface area contributed by atoms with Crippen molar-refractivity contribution >= 4 is 34.7 Å². The van der Waals surface area contributed by atoms with Gasteiger partial charge in [-0.2, -0.15) is 0 Å². The molecule has 0 radical (unpaired) electrons. The maximum atomic E-state index is 12.4. The van der Waals surface area contributed by atoms with E-state index in [0.29, 0.717) is 17.9 Å². The van der Waals surface area contributed by atoms with Crippen molar-refractivity contribution in [3.05, 3.63) is 59.2 Å². The molecule has 0 saturated heterocycles. The number of anilines is 2. The number of nitrogen functional groups attached to an aromatic ring is 1. The Morgan fingerprint density at radius 3 is 2.64 bits per heavy atom. The zero-order valence-electron chi connectivity index (χ0n) is 15.7. The molecule has 0 fully saturated rings. The molecule has 3 N–H and O–H groups in total. The number of hydrogen-bond donors (Lipinski definition) is 2. The van der Waals surface area contributed by atoms with Gasteiger partial charge in [0.2, 0.25) is 5.91 Å². The van der Waals surface area contributed by atoms with E-state index in [0.717, 1.165) is 21.8 Å². The van der Waals surface area contributed by atoms with Gasteiger partial charge in [-0.05, 0) is 30.3 Å². The summed E-state index contributed by atoms with van der Waals surface area (Å²) < 4.78 is 0. The lowest BCUT2D eigenvalue weighted by Crippen LogP contribution is -2.24. The van der Waals surface area contributed by atoms with Crippen LogP contribution in [0.25, 0.3) is 10.6 Å². The molecular weight excluding hydrogens is 374 g/mol. The van der Waals surface area contributed by atoms with Crippen molar-refractivity contribution in [2.24, 2.45) is 0 Å². The molecule has 144 valence electrons. The number of thiazole rings is 1. The molecule has 2 aromatic heterocycles. The van der Waals surface area contributed by atoms with Crippen LogP contribution < -0.4 is 16.0 Å². The Morgan fingerprint density at radius 2 is 1.96 bits per heavy atom. The lowest BCUT2D eigenvalue weighted by atomic mass is 10.2. The fourth-order valence-electron chi connectivity index (χ4n) is 2.59. The van der Waals surface area contributed by atoms with Crippen molar-refractivity contribution in [1.29, 1.82) is 0 Å². The first kappa shape index (κ1) is 19.5. The first-order valence-corrected chi connectivity index (χ1v) is 9.67. The minimum Gasteiger partial charge on any atom is -0.383 e. The first-order chi connectivity index (χ1) is 13.5. The van der Waals surface area contributed by atoms with Crippen molar-refractivity contribution in [3.63, 3.8) is 0 Å². The van der Waals surface area contributed by atoms with E-state index in [-0.39, 0.29) is 18.4 Å². The van der Waals surface area contributed by atoms with Gasteiger partial charge in [0.15, 0.2) is 0 Å². The Balaban J connectivity index is 1.67. The maximum absolute atomic E-state index is 12.4. The number of pyridine rings is 1. The van der Waals surface area contributed by atoms with Gasteiger partial charge in [0.05, 0.1) is 0 Å². The Bertz CT molecular complexity index is 984. The quantitative estimate of drug-likeness (QED) is 0.668. The van der Waals surface area contributed by atoms with Gasteiger partial charge in [0.1, 0.15) is 16.5 Å². The van der Waals surface area contributed by atoms with Gasteiger partial charge in [-0.3, -0.25) is 9.59 Å². The molecule has 0 aliphatic carbocycles. The molecule has 2 heterocycles. The topological polar surface area (TPSA) is 101 Å². The standard InChI is InChI=1S/C20H21N5O2S/c1-3-17(26)25(2)15-8-6-13(7-9-15)20-24-16(12-28-20)19(27)23-11-14-5-4-10-22-18(14)21/h4-10,12H,3,11H2,1-2H3,(H2,21,22)(H,23,27). The largest absolute Gasteiger partial charge is 0.383 e. The second-order valence-electron chi connectivity index (χ2n) is 6.12. The van der Waals surface area contributed by atoms with E-state index in [1.165, 1.54) is 11.3 Å². The summed E-state index contributed by atoms with van der Waals surface area (Å²) in [6.45, 7) is 2.12. The summed E-state index contributed by atoms with van der Waals surface area (Å²) in [4.78, 5) is 34.2. The van der Waals surface area contributed by atoms with Gasteiger partial charge in [-0.1, -0.05) is 13.0 Å². The molecule has 2 amide bonds. The highest BCUT2D eigenvalue weighted by molar-refractivity contribution is 7.13. The molecule has 3 rings (SSSR count). The van der Waals surface area contributed by atoms with E-state index in [2.05, 4.69) is 15.3 Å². The third kappa shape index (κ3) is 4.34. The molecule has 0 aliphatic heterocycles. The highest BCUT2D eigenvalue weighted by Crippen LogP contribution is 2.26. The van der Waals surface area contributed by atoms with Gasteiger partial charge < -0.3 is 16.0 Å². The number of nitrogens with zero attached hydrogens (tertiary/aromatic N) is 3. The predicted molar refractivity (Wildman–Crippen MR) is 111 cm³/mol. The van der Waals surface area contributed by atoms with Crippen molar-refractivity contribution in [2.45, 2.75) is 19.9 Å². The summed E-state index contributed by atoms with van der Waals surface area (Å²) in [6.07, 6.45) is 2.06. The van der Waals surface area contributed by atoms with Crippen molar-refractivity contribution in [3.8, 4) is 10.6 Å². The number of aromatic nitrogens is 2. The smallest absolute Gasteiger partial charge is 0.271 e. The summed E-state index contributed by atoms with van der Waals surface area (Å²) in [7, 11) is 1.75. The summed E-state index contributed by atoms with van der Waals surface area (Å²) in [5.74, 6) is 0.180. The third-order valence-electron chi connectivity index (χ3n) is 4.28. The number of benzene rings is 1. The van der Waals surface area contributed by atoms with Crippen LogP contribution in [0.5, 0.6) is 0 Å². The highest BCUT2D eigenvalue weighted by atomic mass is 32.1. The van der Waals surface area contributed by atoms with E-state index in [1.807, 2.05) is 37.3 Å². The van der Waals surface area contributed by atoms with Crippen LogP contribution in [0.15, 0.2) is 48.0 Å². The Kier molecular flexibility index (Phi) is 6.00. The van der Waals surface area contributed by atoms with Crippen molar-refractivity contribution < 1.29 is 9.59 Å². The first-order valence-electron chi connectivity index (χ1n) is 8.79. The normalized spacial score (nSPS) is 10.5. The van der Waals surface area contributed by atoms with Gasteiger partial charge in [0, 0.05) is 48.4 Å². The van der Waals surface area contributed by atoms with Crippen LogP contribution in [-0.4, -0.2) is 28.8 Å². The minimum absolute atomic E-state index is 0.0511. The van der Waals surface area contributed by atoms with Crippen LogP contribution in [-0.2, 0) is 11.3 Å². The van der Waals surface area contributed by atoms with E-state index < -0.39 is 0 Å². The number of hydrogen-bond acceptors (Lipinski definition) is 6. The molecule has 0 aliphatic rings. The monoisotopic (exact) mass is 395 g/mol. The molecule has 0 spiro atoms. The van der Waals surface area contributed by atoms with E-state index in [4.69, 9.17) is 5.73 Å². The average Bonchev–Trinajstić information content (AvgIpc) is 3.22. The molecule has 28 heavy (non-hydrogen) atoms. The number of rotatable bonds is 6. The Morgan fingerprint density at radius 1 is 1.21 bits per heavy atom. The second-order valence-corrected chi connectivity index (χ2v) is 6.98. The molecule has 3 aromatic rings. The van der Waals surface area contributed by atoms with E-state index >= 15 is 0 Å². The number of nitrogens with one attached hydrogen (secondary N) is 1. The molecule has 0 bridgehead atoms. The van der Waals surface area contributed by atoms with Crippen LogP contribution in [0, 0.1) is 0 Å². The Labute approximate surface area is 167 Å². The zero-order valence-corrected chi connectivity index (χ0v) is 16.5. The number of nitrogens with two attached hydrogens (primary N) is 1. The molecular formula is C20H21N5O2S. The van der Waals surface area contributed by atoms with Crippen LogP contribution in [0.1, 0.15) is 29.4 Å². The SMILES string of the molecule is CCC(=O)N(C)c1ccc(-c2nc(C(=O)NCc3cccnc3N)cs2)cc1. The lowest BCUT2D eigenvalue weighted by molar-refractivity contribution is -0.118. The van der Waals surface area contributed by atoms with Crippen LogP contribution in [0.3, 0.4) is 0 Å². The van der Waals surface area contributed by atoms with Gasteiger partial charge in [-0.25, -0.2) is 9.97 Å². The molecule has 0 saturated carbocycles. The van der Waals surface area contributed by atoms with Crippen molar-refractivity contribution in [2.75, 3.05) is 17.7 Å². The fraction of sp³-hybridized carbons (Fsp3) is 0.200. The summed E-state index contributed by atoms with van der Waals surface area (Å²) in [5.41, 5.74) is 8.60. The molecule has 1 aromatic carbocycles. The molecule has 7 nitrogen and oxygen atoms in total. The molecule has 8 heteroatoms. The van der Waals surface area contributed by atoms with Gasteiger partial charge >= 0.3 is 0 Å². The summed E-state index contributed by atoms with van der Waals surface area (Å²) in [5, 5.41) is 5.26. The summed E-state index contributed by atoms with van der Waals surface area (Å²) in [6, 6.07) is 11.1. The fourth-order valence-corrected chi connectivity index (χ4v) is 3.39. The number of amides is 2. The zero-order chi connectivity index (χ0) is 20.1. The lowest BCUT2D eigenvalue weighted by Gasteiger charge is -2.16. The molecule has 0 unspecified atom stereocenters. The Hall–Kier alpha value is -3.26. The number of carbonyl (C=O) groups excluding carboxylic acids is 2. The van der Waals surface area contributed by atoms with Crippen LogP contribution in [0.4, 0.5) is 11.5 Å². The minimum atomic E-state index is -0.268. The second kappa shape index (κ2) is 8.62. The highest BCUT2D eigenvalue weighted by Gasteiger charge is 2.13. The average molecular weight is 395 g/mol. The maximum Gasteiger partial charge on any atom is 0.271 e. The third-order valence-corrected chi connectivity index (χ3v) is 5.17. The van der Waals surface area contributed by atoms with Crippen LogP contribution in [0.2, 0.25) is 0 Å². The van der Waals surface area contributed by atoms with E-state index in [1.54, 1.807) is 29.6 Å². The van der Waals surface area contributed by atoms with Crippen LogP contribution >= 0.6 is 11.3 Å². The summed E-state index contributed by atoms with van der Waals surface area (Å²) >= 11 is 1.39. The number of carbonyl (C=O) groups is 2. The van der Waals surface area contributed by atoms with Crippen molar-refractivity contribution in [1.82, 2.24) is 15.3 Å². The van der Waals surface area contributed by atoms with E-state index in [9.17, 15) is 9.59 Å². The predicted octanol–water partition coefficient (Wildman–Crippen LogP) is 3.09.